The summed E-state index contributed by atoms with van der Waals surface area (Å²) >= 11 is 1.87. The maximum atomic E-state index is 5.56. The normalized spacial score (nSPS) is 15.9. The summed E-state index contributed by atoms with van der Waals surface area (Å²) in [6, 6.07) is 10.7. The number of ether oxygens (including phenoxy) is 1. The van der Waals surface area contributed by atoms with Crippen LogP contribution in [0, 0.1) is 6.92 Å². The van der Waals surface area contributed by atoms with Crippen LogP contribution in [0.25, 0.3) is 11.4 Å². The lowest BCUT2D eigenvalue weighted by molar-refractivity contribution is 0.0194. The predicted octanol–water partition coefficient (Wildman–Crippen LogP) is 3.96. The van der Waals surface area contributed by atoms with Gasteiger partial charge in [0.05, 0.1) is 19.3 Å². The number of thiophene rings is 1. The van der Waals surface area contributed by atoms with Crippen LogP contribution >= 0.6 is 11.3 Å². The van der Waals surface area contributed by atoms with Crippen molar-refractivity contribution in [1.29, 1.82) is 0 Å². The van der Waals surface area contributed by atoms with Crippen LogP contribution in [-0.2, 0) is 11.2 Å². The number of morpholine rings is 1. The molecule has 0 amide bonds. The number of hydrogen-bond donors (Lipinski definition) is 1. The van der Waals surface area contributed by atoms with Crippen molar-refractivity contribution in [2.24, 2.45) is 0 Å². The fourth-order valence-electron chi connectivity index (χ4n) is 3.53. The molecule has 1 saturated heterocycles. The first-order valence-electron chi connectivity index (χ1n) is 10.1. The first-order valence-corrected chi connectivity index (χ1v) is 10.9. The number of nitrogens with zero attached hydrogens (tertiary/aromatic N) is 4. The van der Waals surface area contributed by atoms with Crippen LogP contribution in [-0.4, -0.2) is 52.7 Å². The molecule has 4 heterocycles. The van der Waals surface area contributed by atoms with Gasteiger partial charge in [0.25, 0.3) is 0 Å². The highest BCUT2D eigenvalue weighted by Gasteiger charge is 2.24. The minimum Gasteiger partial charge on any atom is -0.379 e. The summed E-state index contributed by atoms with van der Waals surface area (Å²) < 4.78 is 5.56. The highest BCUT2D eigenvalue weighted by molar-refractivity contribution is 7.12. The van der Waals surface area contributed by atoms with E-state index in [4.69, 9.17) is 14.7 Å². The number of anilines is 1. The molecule has 0 aliphatic carbocycles. The van der Waals surface area contributed by atoms with Gasteiger partial charge in [0, 0.05) is 59.1 Å². The maximum Gasteiger partial charge on any atom is 0.161 e. The van der Waals surface area contributed by atoms with Gasteiger partial charge in [0.2, 0.25) is 0 Å². The summed E-state index contributed by atoms with van der Waals surface area (Å²) in [7, 11) is 0. The first kappa shape index (κ1) is 19.9. The molecule has 152 valence electrons. The third-order valence-electron chi connectivity index (χ3n) is 5.13. The van der Waals surface area contributed by atoms with E-state index in [1.54, 1.807) is 12.4 Å². The molecule has 1 aliphatic heterocycles. The van der Waals surface area contributed by atoms with Gasteiger partial charge >= 0.3 is 0 Å². The molecule has 0 spiro atoms. The largest absolute Gasteiger partial charge is 0.379 e. The van der Waals surface area contributed by atoms with E-state index in [-0.39, 0.29) is 0 Å². The van der Waals surface area contributed by atoms with E-state index < -0.39 is 0 Å². The van der Waals surface area contributed by atoms with Gasteiger partial charge in [-0.2, -0.15) is 0 Å². The SMILES string of the molecule is CCc1cc(NCC(c2ccc(C)s2)N2CCOCC2)nc(-c2ccncc2)n1. The Morgan fingerprint density at radius 2 is 1.93 bits per heavy atom. The Labute approximate surface area is 176 Å². The lowest BCUT2D eigenvalue weighted by Gasteiger charge is -2.34. The van der Waals surface area contributed by atoms with Crippen LogP contribution in [0.3, 0.4) is 0 Å². The maximum absolute atomic E-state index is 5.56. The quantitative estimate of drug-likeness (QED) is 0.637. The van der Waals surface area contributed by atoms with Gasteiger partial charge in [-0.3, -0.25) is 9.88 Å². The molecule has 1 unspecified atom stereocenters. The van der Waals surface area contributed by atoms with Crippen molar-refractivity contribution >= 4 is 17.2 Å². The third kappa shape index (κ3) is 4.98. The summed E-state index contributed by atoms with van der Waals surface area (Å²) in [5, 5.41) is 3.59. The smallest absolute Gasteiger partial charge is 0.161 e. The second kappa shape index (κ2) is 9.43. The van der Waals surface area contributed by atoms with E-state index in [0.717, 1.165) is 62.2 Å². The molecule has 0 aromatic carbocycles. The lowest BCUT2D eigenvalue weighted by atomic mass is 10.2. The number of pyridine rings is 1. The second-order valence-corrected chi connectivity index (χ2v) is 8.47. The van der Waals surface area contributed by atoms with Gasteiger partial charge in [-0.15, -0.1) is 11.3 Å². The van der Waals surface area contributed by atoms with Crippen molar-refractivity contribution in [1.82, 2.24) is 19.9 Å². The van der Waals surface area contributed by atoms with Crippen molar-refractivity contribution in [3.8, 4) is 11.4 Å². The van der Waals surface area contributed by atoms with Crippen molar-refractivity contribution in [3.05, 3.63) is 58.2 Å². The molecule has 0 saturated carbocycles. The van der Waals surface area contributed by atoms with Crippen LogP contribution in [0.2, 0.25) is 0 Å². The Kier molecular flexibility index (Phi) is 6.49. The molecule has 1 aliphatic rings. The van der Waals surface area contributed by atoms with E-state index in [9.17, 15) is 0 Å². The number of nitrogens with one attached hydrogen (secondary N) is 1. The molecule has 1 fully saturated rings. The molecule has 7 heteroatoms. The number of rotatable bonds is 7. The highest BCUT2D eigenvalue weighted by atomic mass is 32.1. The molecular weight excluding hydrogens is 382 g/mol. The van der Waals surface area contributed by atoms with Gasteiger partial charge in [-0.05, 0) is 37.6 Å². The number of aromatic nitrogens is 3. The number of aryl methyl sites for hydroxylation is 2. The van der Waals surface area contributed by atoms with Gasteiger partial charge in [-0.25, -0.2) is 9.97 Å². The standard InChI is InChI=1S/C22H27N5OS/c1-3-18-14-21(26-22(25-18)17-6-8-23-9-7-17)24-15-19(20-5-4-16(2)29-20)27-10-12-28-13-11-27/h4-9,14,19H,3,10-13,15H2,1-2H3,(H,24,25,26). The Morgan fingerprint density at radius 3 is 2.62 bits per heavy atom. The average Bonchev–Trinajstić information content (AvgIpc) is 3.21. The molecule has 3 aromatic heterocycles. The van der Waals surface area contributed by atoms with Crippen LogP contribution in [0.1, 0.15) is 28.4 Å². The van der Waals surface area contributed by atoms with Gasteiger partial charge in [0.1, 0.15) is 5.82 Å². The molecule has 6 nitrogen and oxygen atoms in total. The Morgan fingerprint density at radius 1 is 1.14 bits per heavy atom. The monoisotopic (exact) mass is 409 g/mol. The first-order chi connectivity index (χ1) is 14.2. The summed E-state index contributed by atoms with van der Waals surface area (Å²) in [6.45, 7) is 8.58. The second-order valence-electron chi connectivity index (χ2n) is 7.15. The van der Waals surface area contributed by atoms with E-state index in [2.05, 4.69) is 47.2 Å². The van der Waals surface area contributed by atoms with Crippen molar-refractivity contribution in [2.75, 3.05) is 38.2 Å². The molecular formula is C22H27N5OS. The van der Waals surface area contributed by atoms with Crippen LogP contribution < -0.4 is 5.32 Å². The number of hydrogen-bond acceptors (Lipinski definition) is 7. The topological polar surface area (TPSA) is 63.2 Å². The zero-order valence-corrected chi connectivity index (χ0v) is 17.8. The highest BCUT2D eigenvalue weighted by Crippen LogP contribution is 2.29. The van der Waals surface area contributed by atoms with E-state index in [1.807, 2.05) is 23.5 Å². The minimum atomic E-state index is 0.307. The van der Waals surface area contributed by atoms with Crippen molar-refractivity contribution in [3.63, 3.8) is 0 Å². The summed E-state index contributed by atoms with van der Waals surface area (Å²) in [6.07, 6.45) is 4.42. The zero-order valence-electron chi connectivity index (χ0n) is 17.0. The molecule has 0 bridgehead atoms. The summed E-state index contributed by atoms with van der Waals surface area (Å²) in [4.78, 5) is 18.8. The summed E-state index contributed by atoms with van der Waals surface area (Å²) in [5.74, 6) is 1.61. The Bertz CT molecular complexity index is 924. The van der Waals surface area contributed by atoms with Gasteiger partial charge in [-0.1, -0.05) is 6.92 Å². The van der Waals surface area contributed by atoms with Crippen LogP contribution in [0.4, 0.5) is 5.82 Å². The molecule has 29 heavy (non-hydrogen) atoms. The van der Waals surface area contributed by atoms with Gasteiger partial charge in [0.15, 0.2) is 5.82 Å². The molecule has 0 radical (unpaired) electrons. The van der Waals surface area contributed by atoms with Crippen molar-refractivity contribution < 1.29 is 4.74 Å². The van der Waals surface area contributed by atoms with Gasteiger partial charge < -0.3 is 10.1 Å². The van der Waals surface area contributed by atoms with E-state index in [0.29, 0.717) is 6.04 Å². The Balaban J connectivity index is 1.56. The molecule has 1 atom stereocenters. The van der Waals surface area contributed by atoms with E-state index >= 15 is 0 Å². The fourth-order valence-corrected chi connectivity index (χ4v) is 4.54. The minimum absolute atomic E-state index is 0.307. The Hall–Kier alpha value is -2.35. The predicted molar refractivity (Wildman–Crippen MR) is 117 cm³/mol. The third-order valence-corrected chi connectivity index (χ3v) is 6.23. The lowest BCUT2D eigenvalue weighted by Crippen LogP contribution is -2.41. The zero-order chi connectivity index (χ0) is 20.1. The molecule has 1 N–H and O–H groups in total. The van der Waals surface area contributed by atoms with Crippen LogP contribution in [0.15, 0.2) is 42.7 Å². The van der Waals surface area contributed by atoms with E-state index in [1.165, 1.54) is 9.75 Å². The van der Waals surface area contributed by atoms with Crippen LogP contribution in [0.5, 0.6) is 0 Å². The summed E-state index contributed by atoms with van der Waals surface area (Å²) in [5.41, 5.74) is 2.01. The molecule has 4 rings (SSSR count). The fraction of sp³-hybridized carbons (Fsp3) is 0.409. The van der Waals surface area contributed by atoms with Crippen molar-refractivity contribution in [2.45, 2.75) is 26.3 Å². The molecule has 3 aromatic rings. The average molecular weight is 410 g/mol.